The Morgan fingerprint density at radius 2 is 1.38 bits per heavy atom. The number of hydrogen-bond donors (Lipinski definition) is 1. The van der Waals surface area contributed by atoms with Gasteiger partial charge in [0, 0.05) is 15.5 Å². The van der Waals surface area contributed by atoms with Gasteiger partial charge in [0.1, 0.15) is 6.07 Å². The first kappa shape index (κ1) is 22.8. The molecule has 5 nitrogen and oxygen atoms in total. The van der Waals surface area contributed by atoms with Crippen LogP contribution in [-0.4, -0.2) is 18.5 Å². The van der Waals surface area contributed by atoms with E-state index in [2.05, 4.69) is 11.4 Å². The predicted molar refractivity (Wildman–Crippen MR) is 133 cm³/mol. The van der Waals surface area contributed by atoms with Gasteiger partial charge in [-0.15, -0.1) is 0 Å². The Hall–Kier alpha value is -4.34. The fourth-order valence-electron chi connectivity index (χ4n) is 3.27. The summed E-state index contributed by atoms with van der Waals surface area (Å²) in [5.74, 6) is -1.03. The van der Waals surface area contributed by atoms with Crippen LogP contribution in [0.3, 0.4) is 0 Å². The van der Waals surface area contributed by atoms with Crippen LogP contribution in [0.25, 0.3) is 11.1 Å². The summed E-state index contributed by atoms with van der Waals surface area (Å²) in [6.07, 6.45) is 0. The van der Waals surface area contributed by atoms with Crippen molar-refractivity contribution in [2.45, 2.75) is 9.79 Å². The molecule has 0 bridgehead atoms. The lowest BCUT2D eigenvalue weighted by Gasteiger charge is -2.11. The molecule has 0 saturated heterocycles. The number of amides is 1. The summed E-state index contributed by atoms with van der Waals surface area (Å²) in [7, 11) is 0. The number of carbonyl (C=O) groups excluding carboxylic acids is 2. The number of benzene rings is 4. The summed E-state index contributed by atoms with van der Waals surface area (Å²) in [6.45, 7) is -0.410. The van der Waals surface area contributed by atoms with Gasteiger partial charge in [-0.3, -0.25) is 4.79 Å². The molecule has 0 aliphatic carbocycles. The van der Waals surface area contributed by atoms with Crippen molar-refractivity contribution in [1.82, 2.24) is 0 Å². The van der Waals surface area contributed by atoms with Crippen molar-refractivity contribution in [3.63, 3.8) is 0 Å². The molecule has 0 spiro atoms. The summed E-state index contributed by atoms with van der Waals surface area (Å²) < 4.78 is 5.26. The highest BCUT2D eigenvalue weighted by molar-refractivity contribution is 7.99. The van der Waals surface area contributed by atoms with E-state index in [-0.39, 0.29) is 0 Å². The number of hydrogen-bond acceptors (Lipinski definition) is 5. The van der Waals surface area contributed by atoms with Crippen molar-refractivity contribution in [3.8, 4) is 17.2 Å². The van der Waals surface area contributed by atoms with Crippen LogP contribution in [-0.2, 0) is 9.53 Å². The largest absolute Gasteiger partial charge is 0.452 e. The summed E-state index contributed by atoms with van der Waals surface area (Å²) >= 11 is 1.31. The molecule has 4 rings (SSSR count). The topological polar surface area (TPSA) is 79.2 Å². The molecule has 1 N–H and O–H groups in total. The van der Waals surface area contributed by atoms with Crippen molar-refractivity contribution < 1.29 is 14.3 Å². The van der Waals surface area contributed by atoms with E-state index in [9.17, 15) is 14.9 Å². The van der Waals surface area contributed by atoms with Crippen molar-refractivity contribution in [2.75, 3.05) is 11.9 Å². The van der Waals surface area contributed by atoms with Gasteiger partial charge in [-0.25, -0.2) is 4.79 Å². The molecule has 0 aliphatic heterocycles. The van der Waals surface area contributed by atoms with Crippen molar-refractivity contribution in [3.05, 3.63) is 114 Å². The Morgan fingerprint density at radius 1 is 0.765 bits per heavy atom. The van der Waals surface area contributed by atoms with Gasteiger partial charge in [0.15, 0.2) is 6.61 Å². The second kappa shape index (κ2) is 11.0. The van der Waals surface area contributed by atoms with Crippen LogP contribution in [0.15, 0.2) is 113 Å². The lowest BCUT2D eigenvalue weighted by Crippen LogP contribution is -2.21. The highest BCUT2D eigenvalue weighted by Crippen LogP contribution is 2.32. The SMILES string of the molecule is N#Cc1ccccc1Sc1ccccc1C(=O)OCC(=O)Nc1ccc(-c2ccccc2)cc1. The number of nitriles is 1. The maximum absolute atomic E-state index is 12.7. The number of esters is 1. The van der Waals surface area contributed by atoms with Gasteiger partial charge >= 0.3 is 5.97 Å². The average molecular weight is 465 g/mol. The Kier molecular flexibility index (Phi) is 7.39. The molecule has 0 aromatic heterocycles. The summed E-state index contributed by atoms with van der Waals surface area (Å²) in [5.41, 5.74) is 3.60. The van der Waals surface area contributed by atoms with Gasteiger partial charge in [0.2, 0.25) is 0 Å². The van der Waals surface area contributed by atoms with Gasteiger partial charge in [0.05, 0.1) is 11.1 Å². The maximum Gasteiger partial charge on any atom is 0.339 e. The number of anilines is 1. The van der Waals surface area contributed by atoms with Gasteiger partial charge in [-0.05, 0) is 47.5 Å². The predicted octanol–water partition coefficient (Wildman–Crippen LogP) is 6.17. The number of nitrogens with one attached hydrogen (secondary N) is 1. The Balaban J connectivity index is 1.37. The molecule has 0 saturated carbocycles. The van der Waals surface area contributed by atoms with Crippen molar-refractivity contribution >= 4 is 29.3 Å². The van der Waals surface area contributed by atoms with Gasteiger partial charge in [-0.1, -0.05) is 78.5 Å². The lowest BCUT2D eigenvalue weighted by molar-refractivity contribution is -0.119. The zero-order chi connectivity index (χ0) is 23.8. The first-order valence-corrected chi connectivity index (χ1v) is 11.3. The minimum Gasteiger partial charge on any atom is -0.452 e. The number of ether oxygens (including phenoxy) is 1. The van der Waals surface area contributed by atoms with Gasteiger partial charge < -0.3 is 10.1 Å². The minimum absolute atomic E-state index is 0.334. The van der Waals surface area contributed by atoms with Crippen molar-refractivity contribution in [2.24, 2.45) is 0 Å². The number of rotatable bonds is 7. The number of carbonyl (C=O) groups is 2. The molecule has 166 valence electrons. The van der Waals surface area contributed by atoms with Crippen LogP contribution in [0.2, 0.25) is 0 Å². The lowest BCUT2D eigenvalue weighted by atomic mass is 10.1. The third-order valence-corrected chi connectivity index (χ3v) is 6.10. The van der Waals surface area contributed by atoms with Gasteiger partial charge in [0.25, 0.3) is 5.91 Å². The summed E-state index contributed by atoms with van der Waals surface area (Å²) in [6, 6.07) is 33.7. The van der Waals surface area contributed by atoms with E-state index in [0.717, 1.165) is 16.0 Å². The first-order chi connectivity index (χ1) is 16.6. The quantitative estimate of drug-likeness (QED) is 0.331. The van der Waals surface area contributed by atoms with Crippen molar-refractivity contribution in [1.29, 1.82) is 5.26 Å². The minimum atomic E-state index is -0.605. The molecule has 6 heteroatoms. The molecule has 0 heterocycles. The smallest absolute Gasteiger partial charge is 0.339 e. The van der Waals surface area contributed by atoms with Crippen LogP contribution in [0.4, 0.5) is 5.69 Å². The normalized spacial score (nSPS) is 10.2. The number of nitrogens with zero attached hydrogens (tertiary/aromatic N) is 1. The van der Waals surface area contributed by atoms with Crippen LogP contribution < -0.4 is 5.32 Å². The fourth-order valence-corrected chi connectivity index (χ4v) is 4.29. The van der Waals surface area contributed by atoms with E-state index in [1.807, 2.05) is 54.6 Å². The zero-order valence-electron chi connectivity index (χ0n) is 18.1. The summed E-state index contributed by atoms with van der Waals surface area (Å²) in [5, 5.41) is 12.1. The van der Waals surface area contributed by atoms with Crippen LogP contribution >= 0.6 is 11.8 Å². The first-order valence-electron chi connectivity index (χ1n) is 10.5. The van der Waals surface area contributed by atoms with Crippen LogP contribution in [0.5, 0.6) is 0 Å². The Morgan fingerprint density at radius 3 is 2.12 bits per heavy atom. The molecule has 4 aromatic carbocycles. The molecule has 0 fully saturated rings. The second-order valence-corrected chi connectivity index (χ2v) is 8.36. The molecule has 34 heavy (non-hydrogen) atoms. The molecule has 0 unspecified atom stereocenters. The standard InChI is InChI=1S/C28H20N2O3S/c29-18-22-10-4-6-12-25(22)34-26-13-7-5-11-24(26)28(32)33-19-27(31)30-23-16-14-21(15-17-23)20-8-2-1-3-9-20/h1-17H,19H2,(H,30,31). The van der Waals surface area contributed by atoms with Crippen LogP contribution in [0, 0.1) is 11.3 Å². The monoisotopic (exact) mass is 464 g/mol. The highest BCUT2D eigenvalue weighted by atomic mass is 32.2. The molecular formula is C28H20N2O3S. The van der Waals surface area contributed by atoms with E-state index < -0.39 is 18.5 Å². The second-order valence-electron chi connectivity index (χ2n) is 7.27. The molecule has 1 amide bonds. The van der Waals surface area contributed by atoms with Crippen LogP contribution in [0.1, 0.15) is 15.9 Å². The highest BCUT2D eigenvalue weighted by Gasteiger charge is 2.16. The molecular weight excluding hydrogens is 444 g/mol. The van der Waals surface area contributed by atoms with E-state index in [0.29, 0.717) is 21.7 Å². The van der Waals surface area contributed by atoms with E-state index in [1.54, 1.807) is 48.5 Å². The van der Waals surface area contributed by atoms with E-state index >= 15 is 0 Å². The van der Waals surface area contributed by atoms with Gasteiger partial charge in [-0.2, -0.15) is 5.26 Å². The Labute approximate surface area is 202 Å². The maximum atomic E-state index is 12.7. The average Bonchev–Trinajstić information content (AvgIpc) is 2.89. The Bertz CT molecular complexity index is 1350. The van der Waals surface area contributed by atoms with E-state index in [1.165, 1.54) is 11.8 Å². The molecule has 0 radical (unpaired) electrons. The molecule has 0 atom stereocenters. The summed E-state index contributed by atoms with van der Waals surface area (Å²) in [4.78, 5) is 26.4. The molecule has 0 aliphatic rings. The third kappa shape index (κ3) is 5.71. The fraction of sp³-hybridized carbons (Fsp3) is 0.0357. The molecule has 4 aromatic rings. The third-order valence-electron chi connectivity index (χ3n) is 4.94. The zero-order valence-corrected chi connectivity index (χ0v) is 18.9. The van der Waals surface area contributed by atoms with E-state index in [4.69, 9.17) is 4.74 Å².